The summed E-state index contributed by atoms with van der Waals surface area (Å²) < 4.78 is 13.1. The molecule has 2 heterocycles. The molecule has 1 fully saturated rings. The van der Waals surface area contributed by atoms with Crippen LogP contribution in [0.2, 0.25) is 0 Å². The van der Waals surface area contributed by atoms with Crippen molar-refractivity contribution >= 4 is 16.9 Å². The van der Waals surface area contributed by atoms with Crippen molar-refractivity contribution in [1.82, 2.24) is 4.90 Å². The fraction of sp³-hybridized carbons (Fsp3) is 0.417. The molecule has 16 heavy (non-hydrogen) atoms. The number of likely N-dealkylation sites (tertiary alicyclic amines) is 1. The number of rotatable bonds is 0. The van der Waals surface area contributed by atoms with Crippen LogP contribution in [0, 0.1) is 5.82 Å². The van der Waals surface area contributed by atoms with Crippen molar-refractivity contribution in [3.63, 3.8) is 0 Å². The minimum atomic E-state index is -0.328. The van der Waals surface area contributed by atoms with Crippen LogP contribution < -0.4 is 0 Å². The summed E-state index contributed by atoms with van der Waals surface area (Å²) in [5.74, 6) is -0.328. The Kier molecular flexibility index (Phi) is 2.13. The molecule has 0 N–H and O–H groups in total. The van der Waals surface area contributed by atoms with Crippen LogP contribution in [0.15, 0.2) is 18.2 Å². The molecule has 2 aliphatic heterocycles. The molecule has 1 aromatic rings. The molecule has 2 nitrogen and oxygen atoms in total. The molecule has 0 saturated carbocycles. The highest BCUT2D eigenvalue weighted by atomic mass is 32.2. The number of hydrogen-bond donors (Lipinski definition) is 0. The summed E-state index contributed by atoms with van der Waals surface area (Å²) in [7, 11) is 2.03. The molecule has 1 aromatic carbocycles. The molecule has 0 bridgehead atoms. The first-order valence-electron chi connectivity index (χ1n) is 5.38. The lowest BCUT2D eigenvalue weighted by molar-refractivity contribution is 0.109. The Morgan fingerprint density at radius 2 is 2.31 bits per heavy atom. The van der Waals surface area contributed by atoms with E-state index in [-0.39, 0.29) is 15.8 Å². The van der Waals surface area contributed by atoms with E-state index in [0.717, 1.165) is 24.9 Å². The lowest BCUT2D eigenvalue weighted by atomic mass is 9.99. The molecule has 1 unspecified atom stereocenters. The summed E-state index contributed by atoms with van der Waals surface area (Å²) in [5.41, 5.74) is 1.54. The number of carbonyl (C=O) groups is 1. The summed E-state index contributed by atoms with van der Waals surface area (Å²) >= 11 is 1.34. The van der Waals surface area contributed by atoms with Gasteiger partial charge in [-0.3, -0.25) is 9.69 Å². The van der Waals surface area contributed by atoms with Gasteiger partial charge in [0.25, 0.3) is 0 Å². The van der Waals surface area contributed by atoms with Gasteiger partial charge in [-0.15, -0.1) is 0 Å². The van der Waals surface area contributed by atoms with Gasteiger partial charge in [-0.05, 0) is 44.1 Å². The average molecular weight is 237 g/mol. The van der Waals surface area contributed by atoms with Crippen molar-refractivity contribution in [3.05, 3.63) is 35.1 Å². The Morgan fingerprint density at radius 1 is 1.50 bits per heavy atom. The van der Waals surface area contributed by atoms with Gasteiger partial charge in [0.1, 0.15) is 10.7 Å². The standard InChI is InChI=1S/C12H12FNOS/c1-14-6-2-5-12(14)10-4-3-8(13)7-9(10)11(15)16-12/h3-4,7H,2,5-6H2,1H3. The van der Waals surface area contributed by atoms with Gasteiger partial charge in [0.2, 0.25) is 5.12 Å². The fourth-order valence-electron chi connectivity index (χ4n) is 2.69. The summed E-state index contributed by atoms with van der Waals surface area (Å²) in [6.45, 7) is 0.997. The fourth-order valence-corrected chi connectivity index (χ4v) is 4.05. The number of fused-ring (bicyclic) bond motifs is 2. The van der Waals surface area contributed by atoms with Gasteiger partial charge in [0.05, 0.1) is 0 Å². The molecule has 0 amide bonds. The topological polar surface area (TPSA) is 20.3 Å². The third kappa shape index (κ3) is 1.20. The molecule has 1 saturated heterocycles. The van der Waals surface area contributed by atoms with Crippen molar-refractivity contribution in [2.24, 2.45) is 0 Å². The van der Waals surface area contributed by atoms with Gasteiger partial charge >= 0.3 is 0 Å². The maximum atomic E-state index is 13.1. The summed E-state index contributed by atoms with van der Waals surface area (Å²) in [6, 6.07) is 4.59. The van der Waals surface area contributed by atoms with E-state index in [2.05, 4.69) is 4.90 Å². The minimum Gasteiger partial charge on any atom is -0.288 e. The van der Waals surface area contributed by atoms with Crippen molar-refractivity contribution < 1.29 is 9.18 Å². The zero-order valence-electron chi connectivity index (χ0n) is 9.00. The van der Waals surface area contributed by atoms with Crippen molar-refractivity contribution in [2.45, 2.75) is 17.7 Å². The van der Waals surface area contributed by atoms with E-state index in [9.17, 15) is 9.18 Å². The van der Waals surface area contributed by atoms with Gasteiger partial charge in [-0.2, -0.15) is 0 Å². The van der Waals surface area contributed by atoms with Crippen LogP contribution in [0.1, 0.15) is 28.8 Å². The highest BCUT2D eigenvalue weighted by Gasteiger charge is 2.49. The number of hydrogen-bond acceptors (Lipinski definition) is 3. The first-order chi connectivity index (χ1) is 7.63. The van der Waals surface area contributed by atoms with Gasteiger partial charge in [-0.1, -0.05) is 17.8 Å². The van der Waals surface area contributed by atoms with E-state index >= 15 is 0 Å². The van der Waals surface area contributed by atoms with Crippen molar-refractivity contribution in [3.8, 4) is 0 Å². The Morgan fingerprint density at radius 3 is 3.00 bits per heavy atom. The molecule has 2 aliphatic rings. The first-order valence-corrected chi connectivity index (χ1v) is 6.20. The van der Waals surface area contributed by atoms with E-state index in [0.29, 0.717) is 5.56 Å². The van der Waals surface area contributed by atoms with Gasteiger partial charge in [0.15, 0.2) is 0 Å². The average Bonchev–Trinajstić information content (AvgIpc) is 2.73. The van der Waals surface area contributed by atoms with Gasteiger partial charge in [-0.25, -0.2) is 4.39 Å². The Bertz CT molecular complexity index is 476. The Balaban J connectivity index is 2.19. The van der Waals surface area contributed by atoms with Gasteiger partial charge in [0, 0.05) is 5.56 Å². The predicted molar refractivity (Wildman–Crippen MR) is 61.9 cm³/mol. The van der Waals surface area contributed by atoms with Crippen LogP contribution in [0.3, 0.4) is 0 Å². The molecule has 0 aliphatic carbocycles. The van der Waals surface area contributed by atoms with Crippen LogP contribution in [0.4, 0.5) is 4.39 Å². The number of benzene rings is 1. The van der Waals surface area contributed by atoms with E-state index in [1.54, 1.807) is 6.07 Å². The monoisotopic (exact) mass is 237 g/mol. The molecule has 4 heteroatoms. The maximum Gasteiger partial charge on any atom is 0.221 e. The molecule has 84 valence electrons. The second kappa shape index (κ2) is 3.31. The lowest BCUT2D eigenvalue weighted by Crippen LogP contribution is -2.33. The molecule has 0 aromatic heterocycles. The molecule has 0 radical (unpaired) electrons. The number of thioether (sulfide) groups is 1. The normalized spacial score (nSPS) is 29.0. The van der Waals surface area contributed by atoms with Crippen molar-refractivity contribution in [1.29, 1.82) is 0 Å². The zero-order valence-corrected chi connectivity index (χ0v) is 9.81. The van der Waals surface area contributed by atoms with E-state index in [4.69, 9.17) is 0 Å². The van der Waals surface area contributed by atoms with Crippen LogP contribution in [0.25, 0.3) is 0 Å². The van der Waals surface area contributed by atoms with Crippen LogP contribution >= 0.6 is 11.8 Å². The summed E-state index contributed by atoms with van der Waals surface area (Å²) in [6.07, 6.45) is 2.06. The quantitative estimate of drug-likeness (QED) is 0.691. The number of halogens is 1. The molecular weight excluding hydrogens is 225 g/mol. The maximum absolute atomic E-state index is 13.1. The number of nitrogens with zero attached hydrogens (tertiary/aromatic N) is 1. The lowest BCUT2D eigenvalue weighted by Gasteiger charge is -2.31. The summed E-state index contributed by atoms with van der Waals surface area (Å²) in [4.78, 5) is 13.9. The van der Waals surface area contributed by atoms with E-state index in [1.807, 2.05) is 7.05 Å². The molecule has 1 atom stereocenters. The van der Waals surface area contributed by atoms with Gasteiger partial charge < -0.3 is 0 Å². The Labute approximate surface area is 97.8 Å². The largest absolute Gasteiger partial charge is 0.288 e. The SMILES string of the molecule is CN1CCCC12SC(=O)c1cc(F)ccc12. The molecular formula is C12H12FNOS. The van der Waals surface area contributed by atoms with Crippen molar-refractivity contribution in [2.75, 3.05) is 13.6 Å². The smallest absolute Gasteiger partial charge is 0.221 e. The van der Waals surface area contributed by atoms with Crippen LogP contribution in [-0.2, 0) is 4.87 Å². The second-order valence-electron chi connectivity index (χ2n) is 4.39. The predicted octanol–water partition coefficient (Wildman–Crippen LogP) is 2.59. The third-order valence-electron chi connectivity index (χ3n) is 3.51. The third-order valence-corrected chi connectivity index (χ3v) is 4.99. The number of carbonyl (C=O) groups excluding carboxylic acids is 1. The van der Waals surface area contributed by atoms with E-state index < -0.39 is 0 Å². The highest BCUT2D eigenvalue weighted by molar-refractivity contribution is 8.15. The zero-order chi connectivity index (χ0) is 11.3. The molecule has 1 spiro atoms. The molecule has 3 rings (SSSR count). The Hall–Kier alpha value is -0.870. The second-order valence-corrected chi connectivity index (χ2v) is 5.64. The van der Waals surface area contributed by atoms with Crippen LogP contribution in [-0.4, -0.2) is 23.6 Å². The minimum absolute atomic E-state index is 0.00301. The summed E-state index contributed by atoms with van der Waals surface area (Å²) in [5, 5.41) is 0.00301. The van der Waals surface area contributed by atoms with Crippen LogP contribution in [0.5, 0.6) is 0 Å². The highest BCUT2D eigenvalue weighted by Crippen LogP contribution is 2.54. The first kappa shape index (κ1) is 10.3. The van der Waals surface area contributed by atoms with E-state index in [1.165, 1.54) is 23.9 Å².